The number of likely N-dealkylation sites (tertiary alicyclic amines) is 1. The minimum Gasteiger partial charge on any atom is -0.476 e. The molecule has 0 aliphatic carbocycles. The lowest BCUT2D eigenvalue weighted by Crippen LogP contribution is -2.62. The fraction of sp³-hybridized carbons (Fsp3) is 0.650. The van der Waals surface area contributed by atoms with E-state index in [4.69, 9.17) is 14.0 Å². The zero-order valence-electron chi connectivity index (χ0n) is 17.0. The number of carbonyl (C=O) groups excluding carboxylic acids is 1. The van der Waals surface area contributed by atoms with Crippen molar-refractivity contribution < 1.29 is 18.8 Å². The molecular weight excluding hydrogens is 360 g/mol. The van der Waals surface area contributed by atoms with Crippen molar-refractivity contribution in [2.24, 2.45) is 5.41 Å². The Morgan fingerprint density at radius 1 is 1.36 bits per heavy atom. The minimum absolute atomic E-state index is 0.0302. The summed E-state index contributed by atoms with van der Waals surface area (Å²) in [4.78, 5) is 15.0. The Morgan fingerprint density at radius 3 is 2.75 bits per heavy atom. The van der Waals surface area contributed by atoms with Crippen LogP contribution in [0.2, 0.25) is 0 Å². The fourth-order valence-corrected chi connectivity index (χ4v) is 4.23. The minimum atomic E-state index is -0.163. The predicted molar refractivity (Wildman–Crippen MR) is 101 cm³/mol. The molecule has 8 heteroatoms. The molecule has 0 radical (unpaired) electrons. The third-order valence-electron chi connectivity index (χ3n) is 5.72. The van der Waals surface area contributed by atoms with Gasteiger partial charge in [-0.3, -0.25) is 9.48 Å². The molecule has 2 aromatic rings. The van der Waals surface area contributed by atoms with Gasteiger partial charge in [-0.15, -0.1) is 0 Å². The lowest BCUT2D eigenvalue weighted by atomic mass is 9.64. The van der Waals surface area contributed by atoms with Crippen LogP contribution in [-0.2, 0) is 10.3 Å². The highest BCUT2D eigenvalue weighted by atomic mass is 16.5. The molecule has 1 unspecified atom stereocenters. The van der Waals surface area contributed by atoms with Gasteiger partial charge in [-0.2, -0.15) is 5.10 Å². The molecule has 4 rings (SSSR count). The van der Waals surface area contributed by atoms with Crippen molar-refractivity contribution in [1.82, 2.24) is 19.8 Å². The van der Waals surface area contributed by atoms with Crippen molar-refractivity contribution in [3.05, 3.63) is 29.8 Å². The Labute approximate surface area is 164 Å². The van der Waals surface area contributed by atoms with Gasteiger partial charge in [-0.25, -0.2) is 0 Å². The molecule has 0 bridgehead atoms. The number of ether oxygens (including phenoxy) is 2. The smallest absolute Gasteiger partial charge is 0.293 e. The van der Waals surface area contributed by atoms with E-state index in [0.29, 0.717) is 19.0 Å². The lowest BCUT2D eigenvalue weighted by molar-refractivity contribution is -0.116. The Bertz CT molecular complexity index is 845. The van der Waals surface area contributed by atoms with Crippen LogP contribution in [0, 0.1) is 5.41 Å². The number of carbonyl (C=O) groups is 1. The number of nitrogens with zero attached hydrogens (tertiary/aromatic N) is 4. The Balaban J connectivity index is 1.63. The van der Waals surface area contributed by atoms with E-state index in [1.165, 1.54) is 0 Å². The highest BCUT2D eigenvalue weighted by Crippen LogP contribution is 2.55. The quantitative estimate of drug-likeness (QED) is 0.801. The molecule has 2 aromatic heterocycles. The van der Waals surface area contributed by atoms with Gasteiger partial charge in [0.1, 0.15) is 0 Å². The van der Waals surface area contributed by atoms with E-state index in [1.54, 1.807) is 6.07 Å². The third-order valence-corrected chi connectivity index (χ3v) is 5.72. The van der Waals surface area contributed by atoms with Crippen molar-refractivity contribution in [1.29, 1.82) is 0 Å². The number of hydrogen-bond acceptors (Lipinski definition) is 6. The van der Waals surface area contributed by atoms with Crippen LogP contribution >= 0.6 is 0 Å². The van der Waals surface area contributed by atoms with Crippen LogP contribution in [0.3, 0.4) is 0 Å². The largest absolute Gasteiger partial charge is 0.476 e. The summed E-state index contributed by atoms with van der Waals surface area (Å²) >= 11 is 0. The molecule has 152 valence electrons. The zero-order chi connectivity index (χ0) is 19.9. The van der Waals surface area contributed by atoms with Gasteiger partial charge in [0, 0.05) is 36.9 Å². The number of rotatable bonds is 4. The fourth-order valence-electron chi connectivity index (χ4n) is 4.23. The summed E-state index contributed by atoms with van der Waals surface area (Å²) in [6.07, 6.45) is 5.82. The lowest BCUT2D eigenvalue weighted by Gasteiger charge is -2.58. The Hall–Kier alpha value is -2.35. The summed E-state index contributed by atoms with van der Waals surface area (Å²) in [5.74, 6) is 0.381. The molecule has 2 fully saturated rings. The van der Waals surface area contributed by atoms with Gasteiger partial charge in [0.25, 0.3) is 11.8 Å². The average molecular weight is 388 g/mol. The van der Waals surface area contributed by atoms with Crippen LogP contribution in [0.1, 0.15) is 62.7 Å². The standard InChI is InChI=1S/C20H28N4O4/c1-5-27-16-10-15(28-22-16)18(25)23-13-20(6-8-26-9-7-20)17(23)14-11-21-24(12-14)19(2,3)4/h10-12,17H,5-9,13H2,1-4H3. The third kappa shape index (κ3) is 3.19. The molecule has 2 aliphatic rings. The van der Waals surface area contributed by atoms with Gasteiger partial charge >= 0.3 is 0 Å². The maximum absolute atomic E-state index is 13.1. The summed E-state index contributed by atoms with van der Waals surface area (Å²) in [5.41, 5.74) is 0.973. The SMILES string of the molecule is CCOc1cc(C(=O)N2CC3(CCOCC3)C2c2cnn(C(C)(C)C)c2)on1. The average Bonchev–Trinajstić information content (AvgIpc) is 3.30. The second kappa shape index (κ2) is 6.92. The Kier molecular flexibility index (Phi) is 4.69. The molecule has 8 nitrogen and oxygen atoms in total. The van der Waals surface area contributed by atoms with Crippen LogP contribution in [0.4, 0.5) is 0 Å². The van der Waals surface area contributed by atoms with Crippen molar-refractivity contribution >= 4 is 5.91 Å². The molecule has 4 heterocycles. The van der Waals surface area contributed by atoms with Gasteiger partial charge < -0.3 is 18.9 Å². The summed E-state index contributed by atoms with van der Waals surface area (Å²) in [6.45, 7) is 10.8. The molecule has 1 spiro atoms. The van der Waals surface area contributed by atoms with Crippen LogP contribution in [0.5, 0.6) is 5.88 Å². The summed E-state index contributed by atoms with van der Waals surface area (Å²) < 4.78 is 18.1. The van der Waals surface area contributed by atoms with Crippen LogP contribution in [-0.4, -0.2) is 52.1 Å². The monoisotopic (exact) mass is 388 g/mol. The van der Waals surface area contributed by atoms with Crippen molar-refractivity contribution in [3.8, 4) is 5.88 Å². The summed E-state index contributed by atoms with van der Waals surface area (Å²) in [6, 6.07) is 1.52. The molecule has 1 atom stereocenters. The first kappa shape index (κ1) is 19.0. The van der Waals surface area contributed by atoms with E-state index in [0.717, 1.165) is 31.6 Å². The van der Waals surface area contributed by atoms with E-state index < -0.39 is 0 Å². The van der Waals surface area contributed by atoms with E-state index in [2.05, 4.69) is 37.2 Å². The van der Waals surface area contributed by atoms with E-state index in [-0.39, 0.29) is 28.7 Å². The highest BCUT2D eigenvalue weighted by molar-refractivity contribution is 5.92. The first-order chi connectivity index (χ1) is 13.3. The zero-order valence-corrected chi connectivity index (χ0v) is 17.0. The molecule has 1 amide bonds. The molecule has 28 heavy (non-hydrogen) atoms. The summed E-state index contributed by atoms with van der Waals surface area (Å²) in [5, 5.41) is 8.38. The molecule has 0 saturated carbocycles. The van der Waals surface area contributed by atoms with Gasteiger partial charge in [0.05, 0.1) is 30.5 Å². The van der Waals surface area contributed by atoms with Crippen LogP contribution in [0.25, 0.3) is 0 Å². The van der Waals surface area contributed by atoms with E-state index >= 15 is 0 Å². The number of amides is 1. The van der Waals surface area contributed by atoms with Crippen molar-refractivity contribution in [3.63, 3.8) is 0 Å². The number of aromatic nitrogens is 3. The second-order valence-electron chi connectivity index (χ2n) is 8.66. The van der Waals surface area contributed by atoms with Gasteiger partial charge in [-0.1, -0.05) is 0 Å². The predicted octanol–water partition coefficient (Wildman–Crippen LogP) is 3.02. The first-order valence-electron chi connectivity index (χ1n) is 9.87. The van der Waals surface area contributed by atoms with E-state index in [9.17, 15) is 4.79 Å². The topological polar surface area (TPSA) is 82.6 Å². The summed E-state index contributed by atoms with van der Waals surface area (Å²) in [7, 11) is 0. The number of hydrogen-bond donors (Lipinski definition) is 0. The van der Waals surface area contributed by atoms with Gasteiger partial charge in [0.2, 0.25) is 5.76 Å². The molecule has 2 saturated heterocycles. The van der Waals surface area contributed by atoms with Crippen LogP contribution < -0.4 is 4.74 Å². The maximum atomic E-state index is 13.1. The second-order valence-corrected chi connectivity index (χ2v) is 8.66. The maximum Gasteiger partial charge on any atom is 0.293 e. The highest BCUT2D eigenvalue weighted by Gasteiger charge is 2.56. The van der Waals surface area contributed by atoms with Crippen molar-refractivity contribution in [2.45, 2.75) is 52.1 Å². The first-order valence-corrected chi connectivity index (χ1v) is 9.87. The normalized spacial score (nSPS) is 21.6. The van der Waals surface area contributed by atoms with Crippen LogP contribution in [0.15, 0.2) is 23.0 Å². The van der Waals surface area contributed by atoms with Crippen molar-refractivity contribution in [2.75, 3.05) is 26.4 Å². The molecule has 0 aromatic carbocycles. The van der Waals surface area contributed by atoms with Gasteiger partial charge in [0.15, 0.2) is 0 Å². The van der Waals surface area contributed by atoms with Gasteiger partial charge in [-0.05, 0) is 45.7 Å². The molecular formula is C20H28N4O4. The van der Waals surface area contributed by atoms with E-state index in [1.807, 2.05) is 22.7 Å². The Morgan fingerprint density at radius 2 is 2.11 bits per heavy atom. The molecule has 0 N–H and O–H groups in total. The molecule has 2 aliphatic heterocycles.